The number of rotatable bonds is 5. The van der Waals surface area contributed by atoms with Crippen molar-refractivity contribution in [1.82, 2.24) is 4.98 Å². The van der Waals surface area contributed by atoms with Crippen molar-refractivity contribution in [3.8, 4) is 0 Å². The van der Waals surface area contributed by atoms with Gasteiger partial charge in [0.2, 0.25) is 0 Å². The first-order valence-corrected chi connectivity index (χ1v) is 8.14. The molecule has 20 heavy (non-hydrogen) atoms. The van der Waals surface area contributed by atoms with E-state index in [2.05, 4.69) is 16.8 Å². The van der Waals surface area contributed by atoms with Gasteiger partial charge in [0.15, 0.2) is 5.13 Å². The summed E-state index contributed by atoms with van der Waals surface area (Å²) >= 11 is 1.32. The Balaban J connectivity index is 2.28. The molecular weight excluding hydrogens is 272 g/mol. The highest BCUT2D eigenvalue weighted by atomic mass is 32.1. The second-order valence-electron chi connectivity index (χ2n) is 6.56. The van der Waals surface area contributed by atoms with Crippen molar-refractivity contribution in [2.24, 2.45) is 5.92 Å². The molecule has 1 aliphatic rings. The topological polar surface area (TPSA) is 53.4 Å². The number of hydrogen-bond acceptors (Lipinski definition) is 4. The third kappa shape index (κ3) is 3.14. The fourth-order valence-electron chi connectivity index (χ4n) is 2.43. The summed E-state index contributed by atoms with van der Waals surface area (Å²) in [5.41, 5.74) is 0.468. The molecule has 0 atom stereocenters. The molecule has 1 N–H and O–H groups in total. The van der Waals surface area contributed by atoms with E-state index in [0.29, 0.717) is 10.6 Å². The van der Waals surface area contributed by atoms with Gasteiger partial charge in [-0.3, -0.25) is 0 Å². The molecule has 0 spiro atoms. The van der Waals surface area contributed by atoms with Gasteiger partial charge in [-0.25, -0.2) is 9.78 Å². The van der Waals surface area contributed by atoms with E-state index in [4.69, 9.17) is 0 Å². The first-order chi connectivity index (χ1) is 9.32. The molecule has 0 aliphatic heterocycles. The van der Waals surface area contributed by atoms with Gasteiger partial charge in [0.05, 0.1) is 5.69 Å². The molecule has 1 fully saturated rings. The first-order valence-electron chi connectivity index (χ1n) is 7.32. The standard InChI is InChI=1S/C15H24N2O2S/c1-5-17(9-10-7-6-8-10)14-16-12(15(2,3)4)11(20-14)13(18)19/h10H,5-9H2,1-4H3,(H,18,19). The van der Waals surface area contributed by atoms with Crippen molar-refractivity contribution in [3.05, 3.63) is 10.6 Å². The lowest BCUT2D eigenvalue weighted by Gasteiger charge is -2.31. The van der Waals surface area contributed by atoms with Crippen LogP contribution in [0.5, 0.6) is 0 Å². The molecule has 112 valence electrons. The van der Waals surface area contributed by atoms with E-state index in [-0.39, 0.29) is 5.41 Å². The quantitative estimate of drug-likeness (QED) is 0.898. The van der Waals surface area contributed by atoms with E-state index >= 15 is 0 Å². The third-order valence-electron chi connectivity index (χ3n) is 3.88. The largest absolute Gasteiger partial charge is 0.477 e. The number of thiazole rings is 1. The number of carboxylic acid groups (broad SMARTS) is 1. The minimum Gasteiger partial charge on any atom is -0.477 e. The molecule has 5 heteroatoms. The summed E-state index contributed by atoms with van der Waals surface area (Å²) in [6, 6.07) is 0. The van der Waals surface area contributed by atoms with E-state index in [1.54, 1.807) is 0 Å². The molecule has 0 radical (unpaired) electrons. The highest BCUT2D eigenvalue weighted by molar-refractivity contribution is 7.17. The molecule has 2 rings (SSSR count). The molecular formula is C15H24N2O2S. The predicted octanol–water partition coefficient (Wildman–Crippen LogP) is 3.77. The first kappa shape index (κ1) is 15.3. The van der Waals surface area contributed by atoms with Crippen LogP contribution in [0, 0.1) is 5.92 Å². The van der Waals surface area contributed by atoms with Crippen LogP contribution in [0.1, 0.15) is 62.3 Å². The lowest BCUT2D eigenvalue weighted by atomic mass is 9.85. The van der Waals surface area contributed by atoms with Gasteiger partial charge in [0, 0.05) is 18.5 Å². The Hall–Kier alpha value is -1.10. The molecule has 0 saturated heterocycles. The summed E-state index contributed by atoms with van der Waals surface area (Å²) in [6.45, 7) is 10.0. The van der Waals surface area contributed by atoms with Crippen molar-refractivity contribution < 1.29 is 9.90 Å². The second-order valence-corrected chi connectivity index (χ2v) is 7.54. The molecule has 0 bridgehead atoms. The van der Waals surface area contributed by atoms with Crippen LogP contribution < -0.4 is 4.90 Å². The Bertz CT molecular complexity index is 487. The minimum absolute atomic E-state index is 0.238. The molecule has 1 aliphatic carbocycles. The SMILES string of the molecule is CCN(CC1CCC1)c1nc(C(C)(C)C)c(C(=O)O)s1. The van der Waals surface area contributed by atoms with E-state index < -0.39 is 5.97 Å². The molecule has 0 aromatic carbocycles. The highest BCUT2D eigenvalue weighted by Gasteiger charge is 2.29. The number of nitrogens with zero attached hydrogens (tertiary/aromatic N) is 2. The average molecular weight is 296 g/mol. The van der Waals surface area contributed by atoms with Gasteiger partial charge in [-0.2, -0.15) is 0 Å². The van der Waals surface area contributed by atoms with Crippen LogP contribution in [-0.4, -0.2) is 29.1 Å². The zero-order valence-electron chi connectivity index (χ0n) is 12.8. The van der Waals surface area contributed by atoms with Crippen molar-refractivity contribution >= 4 is 22.4 Å². The third-order valence-corrected chi connectivity index (χ3v) is 4.98. The predicted molar refractivity (Wildman–Crippen MR) is 83.0 cm³/mol. The van der Waals surface area contributed by atoms with Crippen LogP contribution >= 0.6 is 11.3 Å². The second kappa shape index (κ2) is 5.72. The zero-order valence-corrected chi connectivity index (χ0v) is 13.6. The maximum Gasteiger partial charge on any atom is 0.347 e. The summed E-state index contributed by atoms with van der Waals surface area (Å²) in [4.78, 5) is 18.7. The number of carbonyl (C=O) groups is 1. The Labute approximate surface area is 124 Å². The average Bonchev–Trinajstić information content (AvgIpc) is 2.72. The van der Waals surface area contributed by atoms with E-state index in [9.17, 15) is 9.90 Å². The summed E-state index contributed by atoms with van der Waals surface area (Å²) in [5.74, 6) is -0.108. The van der Waals surface area contributed by atoms with Crippen LogP contribution in [0.3, 0.4) is 0 Å². The molecule has 0 amide bonds. The summed E-state index contributed by atoms with van der Waals surface area (Å²) in [5, 5.41) is 10.3. The van der Waals surface area contributed by atoms with Gasteiger partial charge in [-0.15, -0.1) is 0 Å². The van der Waals surface area contributed by atoms with Crippen LogP contribution in [0.4, 0.5) is 5.13 Å². The fraction of sp³-hybridized carbons (Fsp3) is 0.733. The molecule has 1 aromatic rings. The Morgan fingerprint density at radius 2 is 2.10 bits per heavy atom. The van der Waals surface area contributed by atoms with E-state index in [0.717, 1.165) is 24.1 Å². The van der Waals surface area contributed by atoms with E-state index in [1.165, 1.54) is 30.6 Å². The molecule has 4 nitrogen and oxygen atoms in total. The lowest BCUT2D eigenvalue weighted by molar-refractivity contribution is 0.0699. The number of aromatic nitrogens is 1. The number of hydrogen-bond donors (Lipinski definition) is 1. The van der Waals surface area contributed by atoms with Crippen LogP contribution in [-0.2, 0) is 5.41 Å². The van der Waals surface area contributed by atoms with Gasteiger partial charge < -0.3 is 10.0 Å². The summed E-state index contributed by atoms with van der Waals surface area (Å²) in [7, 11) is 0. The van der Waals surface area contributed by atoms with Crippen molar-refractivity contribution in [3.63, 3.8) is 0 Å². The number of aromatic carboxylic acids is 1. The smallest absolute Gasteiger partial charge is 0.347 e. The fourth-order valence-corrected chi connectivity index (χ4v) is 3.61. The van der Waals surface area contributed by atoms with Gasteiger partial charge in [0.25, 0.3) is 0 Å². The van der Waals surface area contributed by atoms with Crippen molar-refractivity contribution in [2.75, 3.05) is 18.0 Å². The van der Waals surface area contributed by atoms with Gasteiger partial charge in [-0.1, -0.05) is 38.5 Å². The van der Waals surface area contributed by atoms with Crippen molar-refractivity contribution in [2.45, 2.75) is 52.4 Å². The van der Waals surface area contributed by atoms with Crippen molar-refractivity contribution in [1.29, 1.82) is 0 Å². The summed E-state index contributed by atoms with van der Waals surface area (Å²) < 4.78 is 0. The molecule has 1 aromatic heterocycles. The Morgan fingerprint density at radius 1 is 1.45 bits per heavy atom. The monoisotopic (exact) mass is 296 g/mol. The van der Waals surface area contributed by atoms with E-state index in [1.807, 2.05) is 20.8 Å². The van der Waals surface area contributed by atoms with Crippen LogP contribution in [0.25, 0.3) is 0 Å². The highest BCUT2D eigenvalue weighted by Crippen LogP contribution is 2.35. The molecule has 0 unspecified atom stereocenters. The van der Waals surface area contributed by atoms with Gasteiger partial charge in [0.1, 0.15) is 4.88 Å². The normalized spacial score (nSPS) is 16.0. The minimum atomic E-state index is -0.863. The zero-order chi connectivity index (χ0) is 14.9. The Morgan fingerprint density at radius 3 is 2.45 bits per heavy atom. The molecule has 1 heterocycles. The van der Waals surface area contributed by atoms with Crippen LogP contribution in [0.2, 0.25) is 0 Å². The maximum atomic E-state index is 11.4. The molecule has 1 saturated carbocycles. The van der Waals surface area contributed by atoms with Crippen LogP contribution in [0.15, 0.2) is 0 Å². The Kier molecular flexibility index (Phi) is 4.37. The number of anilines is 1. The number of carboxylic acids is 1. The summed E-state index contributed by atoms with van der Waals surface area (Å²) in [6.07, 6.45) is 3.91. The maximum absolute atomic E-state index is 11.4. The van der Waals surface area contributed by atoms with Gasteiger partial charge in [-0.05, 0) is 25.7 Å². The lowest BCUT2D eigenvalue weighted by Crippen LogP contribution is -2.32. The van der Waals surface area contributed by atoms with Gasteiger partial charge >= 0.3 is 5.97 Å².